The molecule has 0 amide bonds. The monoisotopic (exact) mass is 270 g/mol. The maximum Gasteiger partial charge on any atom is 0.339 e. The molecule has 1 aliphatic rings. The van der Waals surface area contributed by atoms with Crippen molar-refractivity contribution in [3.05, 3.63) is 71.9 Å². The molecule has 0 atom stereocenters. The molecule has 2 N–H and O–H groups in total. The zero-order valence-electron chi connectivity index (χ0n) is 10.7. The van der Waals surface area contributed by atoms with E-state index in [-0.39, 0.29) is 11.3 Å². The second-order valence-corrected chi connectivity index (χ2v) is 4.14. The van der Waals surface area contributed by atoms with Crippen molar-refractivity contribution in [3.63, 3.8) is 0 Å². The van der Waals surface area contributed by atoms with E-state index in [4.69, 9.17) is 9.84 Å². The summed E-state index contributed by atoms with van der Waals surface area (Å²) in [6.07, 6.45) is 13.4. The first kappa shape index (κ1) is 13.7. The topological polar surface area (TPSA) is 66.8 Å². The van der Waals surface area contributed by atoms with Crippen molar-refractivity contribution >= 4 is 5.97 Å². The number of allylic oxidation sites excluding steroid dienone is 6. The number of benzene rings is 1. The van der Waals surface area contributed by atoms with Crippen molar-refractivity contribution in [1.29, 1.82) is 0 Å². The predicted octanol–water partition coefficient (Wildman–Crippen LogP) is 3.08. The van der Waals surface area contributed by atoms with Crippen LogP contribution in [0.5, 0.6) is 11.5 Å². The highest BCUT2D eigenvalue weighted by molar-refractivity contribution is 5.90. The molecular weight excluding hydrogens is 256 g/mol. The first-order valence-electron chi connectivity index (χ1n) is 6.06. The van der Waals surface area contributed by atoms with Crippen LogP contribution < -0.4 is 4.74 Å². The molecule has 1 aromatic rings. The van der Waals surface area contributed by atoms with Gasteiger partial charge in [0.15, 0.2) is 0 Å². The van der Waals surface area contributed by atoms with E-state index < -0.39 is 5.97 Å². The molecule has 0 aliphatic heterocycles. The lowest BCUT2D eigenvalue weighted by atomic mass is 10.2. The smallest absolute Gasteiger partial charge is 0.339 e. The molecule has 4 nitrogen and oxygen atoms in total. The van der Waals surface area contributed by atoms with Gasteiger partial charge in [0.2, 0.25) is 0 Å². The lowest BCUT2D eigenvalue weighted by molar-refractivity contribution is 0.0693. The van der Waals surface area contributed by atoms with Gasteiger partial charge in [0.05, 0.1) is 0 Å². The fourth-order valence-corrected chi connectivity index (χ4v) is 1.65. The zero-order chi connectivity index (χ0) is 14.4. The van der Waals surface area contributed by atoms with Gasteiger partial charge >= 0.3 is 5.97 Å². The Morgan fingerprint density at radius 2 is 1.85 bits per heavy atom. The van der Waals surface area contributed by atoms with Crippen LogP contribution in [0.3, 0.4) is 0 Å². The van der Waals surface area contributed by atoms with Crippen LogP contribution >= 0.6 is 0 Å². The van der Waals surface area contributed by atoms with Gasteiger partial charge in [-0.2, -0.15) is 0 Å². The van der Waals surface area contributed by atoms with Crippen LogP contribution in [0.15, 0.2) is 66.3 Å². The molecule has 0 fully saturated rings. The molecule has 20 heavy (non-hydrogen) atoms. The summed E-state index contributed by atoms with van der Waals surface area (Å²) in [5.74, 6) is -1.06. The summed E-state index contributed by atoms with van der Waals surface area (Å²) < 4.78 is 5.53. The van der Waals surface area contributed by atoms with Gasteiger partial charge in [0, 0.05) is 6.07 Å². The summed E-state index contributed by atoms with van der Waals surface area (Å²) in [5.41, 5.74) is 0.822. The number of hydrogen-bond donors (Lipinski definition) is 2. The lowest BCUT2D eigenvalue weighted by Gasteiger charge is -2.08. The summed E-state index contributed by atoms with van der Waals surface area (Å²) in [5, 5.41) is 18.4. The highest BCUT2D eigenvalue weighted by Crippen LogP contribution is 2.24. The Bertz CT molecular complexity index is 621. The van der Waals surface area contributed by atoms with Gasteiger partial charge in [-0.3, -0.25) is 0 Å². The van der Waals surface area contributed by atoms with Crippen LogP contribution in [0.4, 0.5) is 0 Å². The van der Waals surface area contributed by atoms with Gasteiger partial charge in [0.25, 0.3) is 0 Å². The molecule has 4 heteroatoms. The second-order valence-electron chi connectivity index (χ2n) is 4.14. The van der Waals surface area contributed by atoms with E-state index in [0.29, 0.717) is 12.4 Å². The molecule has 0 aromatic heterocycles. The number of aromatic carboxylic acids is 1. The fraction of sp³-hybridized carbons (Fsp3) is 0.0625. The quantitative estimate of drug-likeness (QED) is 0.882. The maximum absolute atomic E-state index is 10.8. The van der Waals surface area contributed by atoms with Gasteiger partial charge in [0.1, 0.15) is 23.7 Å². The highest BCUT2D eigenvalue weighted by Gasteiger charge is 2.10. The summed E-state index contributed by atoms with van der Waals surface area (Å²) >= 11 is 0. The molecule has 0 unspecified atom stereocenters. The standard InChI is InChI=1S/C16H14O4/c17-15-10-13(8-9-14(15)16(18)19)20-11-12-6-4-2-1-3-5-7-12/h1-10,17H,11H2,(H,18,19)/b2-1-,3-1?,4-2?,5-3-,6-4-,7-5?,12-6?,12-7+. The van der Waals surface area contributed by atoms with E-state index in [1.807, 2.05) is 42.5 Å². The molecule has 0 saturated carbocycles. The number of hydrogen-bond acceptors (Lipinski definition) is 3. The minimum atomic E-state index is -1.17. The molecule has 0 spiro atoms. The van der Waals surface area contributed by atoms with E-state index in [0.717, 1.165) is 5.57 Å². The molecule has 0 saturated heterocycles. The number of carboxylic acids is 1. The van der Waals surface area contributed by atoms with Gasteiger partial charge in [-0.25, -0.2) is 4.79 Å². The summed E-state index contributed by atoms with van der Waals surface area (Å²) in [4.78, 5) is 10.8. The third kappa shape index (κ3) is 3.62. The first-order valence-corrected chi connectivity index (χ1v) is 6.06. The first-order chi connectivity index (χ1) is 9.66. The van der Waals surface area contributed by atoms with E-state index >= 15 is 0 Å². The number of aromatic hydroxyl groups is 1. The minimum absolute atomic E-state index is 0.143. The Hall–Kier alpha value is -2.75. The minimum Gasteiger partial charge on any atom is -0.507 e. The van der Waals surface area contributed by atoms with Crippen LogP contribution in [-0.4, -0.2) is 22.8 Å². The summed E-state index contributed by atoms with van der Waals surface area (Å²) in [7, 11) is 0. The molecule has 0 heterocycles. The largest absolute Gasteiger partial charge is 0.507 e. The van der Waals surface area contributed by atoms with Crippen molar-refractivity contribution in [1.82, 2.24) is 0 Å². The second kappa shape index (κ2) is 6.43. The van der Waals surface area contributed by atoms with Crippen molar-refractivity contribution in [2.75, 3.05) is 6.61 Å². The average molecular weight is 270 g/mol. The zero-order valence-corrected chi connectivity index (χ0v) is 10.7. The number of carbonyl (C=O) groups is 1. The maximum atomic E-state index is 10.8. The Labute approximate surface area is 116 Å². The Morgan fingerprint density at radius 3 is 2.60 bits per heavy atom. The highest BCUT2D eigenvalue weighted by atomic mass is 16.5. The van der Waals surface area contributed by atoms with Crippen LogP contribution in [0.1, 0.15) is 10.4 Å². The summed E-state index contributed by atoms with van der Waals surface area (Å²) in [6.45, 7) is 0.334. The number of carboxylic acid groups (broad SMARTS) is 1. The van der Waals surface area contributed by atoms with Gasteiger partial charge < -0.3 is 14.9 Å². The SMILES string of the molecule is O=C(O)c1ccc(OCC2=C/C=C\C=C/C=C\2)cc1O. The van der Waals surface area contributed by atoms with Crippen LogP contribution in [0, 0.1) is 0 Å². The molecular formula is C16H14O4. The average Bonchev–Trinajstić information content (AvgIpc) is 2.37. The third-order valence-electron chi connectivity index (χ3n) is 2.67. The molecule has 0 bridgehead atoms. The van der Waals surface area contributed by atoms with Gasteiger partial charge in [-0.1, -0.05) is 42.5 Å². The van der Waals surface area contributed by atoms with Gasteiger partial charge in [-0.15, -0.1) is 0 Å². The number of phenols is 1. The van der Waals surface area contributed by atoms with Crippen molar-refractivity contribution in [2.24, 2.45) is 0 Å². The fourth-order valence-electron chi connectivity index (χ4n) is 1.65. The van der Waals surface area contributed by atoms with E-state index in [9.17, 15) is 9.90 Å². The molecule has 2 rings (SSSR count). The Balaban J connectivity index is 2.04. The van der Waals surface area contributed by atoms with Crippen LogP contribution in [-0.2, 0) is 0 Å². The van der Waals surface area contributed by atoms with Crippen molar-refractivity contribution in [3.8, 4) is 11.5 Å². The summed E-state index contributed by atoms with van der Waals surface area (Å²) in [6, 6.07) is 4.14. The van der Waals surface area contributed by atoms with Crippen LogP contribution in [0.2, 0.25) is 0 Å². The van der Waals surface area contributed by atoms with E-state index in [1.54, 1.807) is 0 Å². The van der Waals surface area contributed by atoms with E-state index in [1.165, 1.54) is 18.2 Å². The third-order valence-corrected chi connectivity index (χ3v) is 2.67. The lowest BCUT2D eigenvalue weighted by Crippen LogP contribution is -2.01. The molecule has 1 aliphatic carbocycles. The van der Waals surface area contributed by atoms with E-state index in [2.05, 4.69) is 0 Å². The van der Waals surface area contributed by atoms with Crippen molar-refractivity contribution < 1.29 is 19.7 Å². The van der Waals surface area contributed by atoms with Gasteiger partial charge in [-0.05, 0) is 17.7 Å². The number of ether oxygens (including phenoxy) is 1. The Kier molecular flexibility index (Phi) is 4.39. The number of rotatable bonds is 4. The normalized spacial score (nSPS) is 20.9. The Morgan fingerprint density at radius 1 is 1.10 bits per heavy atom. The predicted molar refractivity (Wildman–Crippen MR) is 76.1 cm³/mol. The van der Waals surface area contributed by atoms with Crippen molar-refractivity contribution in [2.45, 2.75) is 0 Å². The molecule has 1 aromatic carbocycles. The molecule has 102 valence electrons. The molecule has 0 radical (unpaired) electrons. The van der Waals surface area contributed by atoms with Crippen LogP contribution in [0.25, 0.3) is 0 Å².